The highest BCUT2D eigenvalue weighted by Crippen LogP contribution is 2.18. The molecule has 84 valence electrons. The zero-order valence-corrected chi connectivity index (χ0v) is 9.19. The summed E-state index contributed by atoms with van der Waals surface area (Å²) in [4.78, 5) is 15.5. The van der Waals surface area contributed by atoms with Crippen molar-refractivity contribution in [2.75, 3.05) is 13.2 Å². The summed E-state index contributed by atoms with van der Waals surface area (Å²) in [6, 6.07) is 0. The van der Waals surface area contributed by atoms with Crippen molar-refractivity contribution < 1.29 is 14.6 Å². The van der Waals surface area contributed by atoms with Crippen LogP contribution in [-0.4, -0.2) is 30.3 Å². The first-order chi connectivity index (χ1) is 7.16. The zero-order valence-electron chi connectivity index (χ0n) is 9.19. The number of rotatable bonds is 5. The molecule has 1 atom stereocenters. The highest BCUT2D eigenvalue weighted by atomic mass is 16.5. The van der Waals surface area contributed by atoms with E-state index >= 15 is 0 Å². The van der Waals surface area contributed by atoms with Crippen LogP contribution in [0.2, 0.25) is 0 Å². The van der Waals surface area contributed by atoms with Crippen LogP contribution in [0, 0.1) is 5.92 Å². The van der Waals surface area contributed by atoms with E-state index in [0.29, 0.717) is 25.3 Å². The molecule has 1 rings (SSSR count). The Morgan fingerprint density at radius 1 is 1.60 bits per heavy atom. The molecule has 0 aliphatic carbocycles. The Labute approximate surface area is 89.7 Å². The molecule has 1 N–H and O–H groups in total. The van der Waals surface area contributed by atoms with Crippen LogP contribution in [0.5, 0.6) is 0 Å². The van der Waals surface area contributed by atoms with E-state index in [1.54, 1.807) is 13.1 Å². The summed E-state index contributed by atoms with van der Waals surface area (Å²) in [5.41, 5.74) is 0.404. The third-order valence-corrected chi connectivity index (χ3v) is 2.37. The van der Waals surface area contributed by atoms with E-state index in [0.717, 1.165) is 6.42 Å². The van der Waals surface area contributed by atoms with Crippen LogP contribution in [-0.2, 0) is 9.53 Å². The maximum Gasteiger partial charge on any atom is 0.207 e. The van der Waals surface area contributed by atoms with Crippen molar-refractivity contribution in [2.24, 2.45) is 10.9 Å². The first kappa shape index (κ1) is 11.9. The summed E-state index contributed by atoms with van der Waals surface area (Å²) < 4.78 is 5.18. The molecule has 0 radical (unpaired) electrons. The summed E-state index contributed by atoms with van der Waals surface area (Å²) in [7, 11) is 0. The first-order valence-electron chi connectivity index (χ1n) is 5.22. The minimum Gasteiger partial charge on any atom is -0.503 e. The number of carbonyl (C=O) groups is 1. The fraction of sp³-hybridized carbons (Fsp3) is 0.636. The number of aliphatic hydroxyl groups is 1. The van der Waals surface area contributed by atoms with Gasteiger partial charge in [-0.2, -0.15) is 0 Å². The van der Waals surface area contributed by atoms with E-state index in [1.165, 1.54) is 0 Å². The van der Waals surface area contributed by atoms with Crippen LogP contribution >= 0.6 is 0 Å². The summed E-state index contributed by atoms with van der Waals surface area (Å²) in [5, 5.41) is 9.40. The molecule has 1 unspecified atom stereocenters. The molecule has 0 fully saturated rings. The average Bonchev–Trinajstić information content (AvgIpc) is 2.24. The van der Waals surface area contributed by atoms with Gasteiger partial charge in [0, 0.05) is 19.4 Å². The van der Waals surface area contributed by atoms with Crippen molar-refractivity contribution in [3.8, 4) is 0 Å². The predicted octanol–water partition coefficient (Wildman–Crippen LogP) is 1.86. The molecule has 0 saturated heterocycles. The number of allylic oxidation sites excluding steroid dienone is 2. The number of nitrogens with zero attached hydrogens (tertiary/aromatic N) is 1. The number of Topliss-reactive ketones (excluding diaryl/α,β-unsaturated/α-hetero) is 1. The molecule has 0 spiro atoms. The Balaban J connectivity index is 2.40. The number of aliphatic imine (C=N–C) groups is 1. The fourth-order valence-corrected chi connectivity index (χ4v) is 1.44. The predicted molar refractivity (Wildman–Crippen MR) is 58.0 cm³/mol. The van der Waals surface area contributed by atoms with Crippen LogP contribution in [0.1, 0.15) is 26.7 Å². The summed E-state index contributed by atoms with van der Waals surface area (Å²) in [6.45, 7) is 4.90. The number of ether oxygens (including phenoxy) is 1. The van der Waals surface area contributed by atoms with Crippen molar-refractivity contribution in [3.05, 3.63) is 11.5 Å². The number of aliphatic hydroxyl groups excluding tert-OH is 1. The van der Waals surface area contributed by atoms with Gasteiger partial charge < -0.3 is 9.84 Å². The zero-order chi connectivity index (χ0) is 11.3. The van der Waals surface area contributed by atoms with Crippen molar-refractivity contribution >= 4 is 12.0 Å². The normalized spacial score (nSPS) is 21.2. The molecule has 0 aromatic heterocycles. The number of carbonyl (C=O) groups excluding carboxylic acids is 1. The van der Waals surface area contributed by atoms with Crippen molar-refractivity contribution in [1.29, 1.82) is 0 Å². The summed E-state index contributed by atoms with van der Waals surface area (Å²) >= 11 is 0. The van der Waals surface area contributed by atoms with Gasteiger partial charge in [-0.25, -0.2) is 0 Å². The number of hydrogen-bond donors (Lipinski definition) is 1. The average molecular weight is 211 g/mol. The van der Waals surface area contributed by atoms with Gasteiger partial charge in [0.2, 0.25) is 5.78 Å². The van der Waals surface area contributed by atoms with E-state index < -0.39 is 0 Å². The Kier molecular flexibility index (Phi) is 4.49. The second-order valence-electron chi connectivity index (χ2n) is 3.52. The Hall–Kier alpha value is -1.16. The highest BCUT2D eigenvalue weighted by molar-refractivity contribution is 6.06. The van der Waals surface area contributed by atoms with Crippen LogP contribution in [0.4, 0.5) is 0 Å². The lowest BCUT2D eigenvalue weighted by atomic mass is 9.96. The minimum atomic E-state index is -0.283. The van der Waals surface area contributed by atoms with Crippen LogP contribution in [0.25, 0.3) is 0 Å². The second kappa shape index (κ2) is 5.66. The standard InChI is InChI=1S/C11H17NO3/c1-3-15-6-4-5-9-7-12-8(2)10(13)11(9)14/h7,9,13H,3-6H2,1-2H3. The maximum absolute atomic E-state index is 11.6. The van der Waals surface area contributed by atoms with E-state index in [4.69, 9.17) is 4.74 Å². The van der Waals surface area contributed by atoms with Crippen LogP contribution in [0.15, 0.2) is 16.4 Å². The van der Waals surface area contributed by atoms with Gasteiger partial charge in [0.25, 0.3) is 0 Å². The molecule has 0 saturated carbocycles. The molecule has 1 aliphatic heterocycles. The quantitative estimate of drug-likeness (QED) is 0.706. The van der Waals surface area contributed by atoms with Gasteiger partial charge in [0.15, 0.2) is 5.76 Å². The lowest BCUT2D eigenvalue weighted by molar-refractivity contribution is -0.120. The molecule has 0 aromatic rings. The van der Waals surface area contributed by atoms with Crippen molar-refractivity contribution in [1.82, 2.24) is 0 Å². The van der Waals surface area contributed by atoms with Gasteiger partial charge in [-0.05, 0) is 26.7 Å². The third kappa shape index (κ3) is 3.16. The van der Waals surface area contributed by atoms with Crippen LogP contribution in [0.3, 0.4) is 0 Å². The largest absolute Gasteiger partial charge is 0.503 e. The summed E-state index contributed by atoms with van der Waals surface area (Å²) in [6.07, 6.45) is 3.10. The van der Waals surface area contributed by atoms with Gasteiger partial charge >= 0.3 is 0 Å². The van der Waals surface area contributed by atoms with Crippen molar-refractivity contribution in [2.45, 2.75) is 26.7 Å². The molecule has 4 nitrogen and oxygen atoms in total. The molecule has 0 aromatic carbocycles. The smallest absolute Gasteiger partial charge is 0.207 e. The molecule has 4 heteroatoms. The first-order valence-corrected chi connectivity index (χ1v) is 5.22. The third-order valence-electron chi connectivity index (χ3n) is 2.37. The fourth-order valence-electron chi connectivity index (χ4n) is 1.44. The van der Waals surface area contributed by atoms with Gasteiger partial charge in [0.05, 0.1) is 11.6 Å². The molecule has 0 bridgehead atoms. The Morgan fingerprint density at radius 3 is 3.00 bits per heavy atom. The lowest BCUT2D eigenvalue weighted by Crippen LogP contribution is -2.22. The number of ketones is 1. The SMILES string of the molecule is CCOCCCC1C=NC(C)=C(O)C1=O. The molecule has 0 amide bonds. The van der Waals surface area contributed by atoms with Crippen LogP contribution < -0.4 is 0 Å². The van der Waals surface area contributed by atoms with E-state index in [-0.39, 0.29) is 17.5 Å². The topological polar surface area (TPSA) is 58.9 Å². The minimum absolute atomic E-state index is 0.195. The van der Waals surface area contributed by atoms with Gasteiger partial charge in [-0.1, -0.05) is 0 Å². The Morgan fingerprint density at radius 2 is 2.33 bits per heavy atom. The number of hydrogen-bond acceptors (Lipinski definition) is 4. The van der Waals surface area contributed by atoms with Gasteiger partial charge in [-0.3, -0.25) is 9.79 Å². The Bertz CT molecular complexity index is 294. The second-order valence-corrected chi connectivity index (χ2v) is 3.52. The lowest BCUT2D eigenvalue weighted by Gasteiger charge is -2.15. The van der Waals surface area contributed by atoms with E-state index in [1.807, 2.05) is 6.92 Å². The molecular weight excluding hydrogens is 194 g/mol. The van der Waals surface area contributed by atoms with Gasteiger partial charge in [0.1, 0.15) is 0 Å². The molecule has 1 aliphatic rings. The molecule has 15 heavy (non-hydrogen) atoms. The monoisotopic (exact) mass is 211 g/mol. The van der Waals surface area contributed by atoms with E-state index in [2.05, 4.69) is 4.99 Å². The van der Waals surface area contributed by atoms with Gasteiger partial charge in [-0.15, -0.1) is 0 Å². The van der Waals surface area contributed by atoms with Crippen molar-refractivity contribution in [3.63, 3.8) is 0 Å². The maximum atomic E-state index is 11.6. The summed E-state index contributed by atoms with van der Waals surface area (Å²) in [5.74, 6) is -0.702. The van der Waals surface area contributed by atoms with E-state index in [9.17, 15) is 9.90 Å². The molecule has 1 heterocycles. The molecular formula is C11H17NO3. The highest BCUT2D eigenvalue weighted by Gasteiger charge is 2.24.